The number of nitrogens with one attached hydrogen (secondary N) is 1. The third kappa shape index (κ3) is 3.41. The van der Waals surface area contributed by atoms with Crippen molar-refractivity contribution in [3.8, 4) is 5.75 Å². The van der Waals surface area contributed by atoms with Gasteiger partial charge in [0.05, 0.1) is 7.11 Å². The molecule has 0 radical (unpaired) electrons. The minimum absolute atomic E-state index is 0.735. The molecule has 4 heteroatoms. The minimum atomic E-state index is 0.735. The van der Waals surface area contributed by atoms with Gasteiger partial charge in [0.15, 0.2) is 0 Å². The number of ether oxygens (including phenoxy) is 1. The van der Waals surface area contributed by atoms with Gasteiger partial charge in [0.2, 0.25) is 0 Å². The van der Waals surface area contributed by atoms with Crippen LogP contribution in [0.5, 0.6) is 5.75 Å². The molecular formula is C15H17BrN2O. The molecule has 0 saturated heterocycles. The summed E-state index contributed by atoms with van der Waals surface area (Å²) in [6, 6.07) is 12.0. The Balaban J connectivity index is 2.12. The van der Waals surface area contributed by atoms with E-state index in [4.69, 9.17) is 10.5 Å². The summed E-state index contributed by atoms with van der Waals surface area (Å²) < 4.78 is 6.18. The molecule has 0 aliphatic rings. The molecule has 0 aromatic heterocycles. The van der Waals surface area contributed by atoms with Crippen molar-refractivity contribution in [1.29, 1.82) is 0 Å². The van der Waals surface area contributed by atoms with Gasteiger partial charge in [0.1, 0.15) is 5.75 Å². The molecule has 3 nitrogen and oxygen atoms in total. The van der Waals surface area contributed by atoms with Crippen LogP contribution in [-0.4, -0.2) is 7.11 Å². The van der Waals surface area contributed by atoms with Gasteiger partial charge >= 0.3 is 0 Å². The maximum atomic E-state index is 5.86. The number of methoxy groups -OCH3 is 1. The molecule has 0 unspecified atom stereocenters. The molecule has 0 aliphatic heterocycles. The fourth-order valence-electron chi connectivity index (χ4n) is 1.81. The average molecular weight is 321 g/mol. The molecule has 0 saturated carbocycles. The van der Waals surface area contributed by atoms with E-state index in [1.807, 2.05) is 37.3 Å². The highest BCUT2D eigenvalue weighted by Gasteiger charge is 2.03. The van der Waals surface area contributed by atoms with Gasteiger partial charge in [0, 0.05) is 22.4 Å². The Morgan fingerprint density at radius 3 is 2.79 bits per heavy atom. The first kappa shape index (κ1) is 13.7. The second-order valence-corrected chi connectivity index (χ2v) is 5.25. The molecule has 0 heterocycles. The van der Waals surface area contributed by atoms with Crippen molar-refractivity contribution < 1.29 is 4.74 Å². The van der Waals surface area contributed by atoms with E-state index in [-0.39, 0.29) is 0 Å². The van der Waals surface area contributed by atoms with E-state index in [9.17, 15) is 0 Å². The second-order valence-electron chi connectivity index (χ2n) is 4.39. The highest BCUT2D eigenvalue weighted by atomic mass is 79.9. The Labute approximate surface area is 121 Å². The maximum Gasteiger partial charge on any atom is 0.119 e. The monoisotopic (exact) mass is 320 g/mol. The molecule has 2 aromatic rings. The number of hydrogen-bond acceptors (Lipinski definition) is 3. The third-order valence-electron chi connectivity index (χ3n) is 2.97. The van der Waals surface area contributed by atoms with Crippen LogP contribution in [0.4, 0.5) is 11.4 Å². The van der Waals surface area contributed by atoms with E-state index in [1.54, 1.807) is 7.11 Å². The summed E-state index contributed by atoms with van der Waals surface area (Å²) in [6.07, 6.45) is 0. The van der Waals surface area contributed by atoms with Crippen molar-refractivity contribution >= 4 is 27.3 Å². The number of aryl methyl sites for hydroxylation is 1. The Bertz CT molecular complexity index is 584. The first-order valence-electron chi connectivity index (χ1n) is 6.02. The molecular weight excluding hydrogens is 304 g/mol. The van der Waals surface area contributed by atoms with Crippen molar-refractivity contribution in [2.45, 2.75) is 13.5 Å². The number of hydrogen-bond donors (Lipinski definition) is 2. The summed E-state index contributed by atoms with van der Waals surface area (Å²) in [5, 5.41) is 3.39. The molecule has 0 spiro atoms. The number of anilines is 2. The number of nitrogen functional groups attached to an aromatic ring is 1. The highest BCUT2D eigenvalue weighted by Crippen LogP contribution is 2.28. The highest BCUT2D eigenvalue weighted by molar-refractivity contribution is 9.10. The van der Waals surface area contributed by atoms with Gasteiger partial charge in [-0.1, -0.05) is 12.1 Å². The van der Waals surface area contributed by atoms with Crippen molar-refractivity contribution in [1.82, 2.24) is 0 Å². The molecule has 0 aliphatic carbocycles. The Kier molecular flexibility index (Phi) is 4.32. The zero-order valence-electron chi connectivity index (χ0n) is 11.0. The summed E-state index contributed by atoms with van der Waals surface area (Å²) in [7, 11) is 1.67. The van der Waals surface area contributed by atoms with Crippen molar-refractivity contribution in [3.63, 3.8) is 0 Å². The van der Waals surface area contributed by atoms with E-state index in [1.165, 1.54) is 5.56 Å². The molecule has 100 valence electrons. The first-order valence-corrected chi connectivity index (χ1v) is 6.82. The molecule has 0 amide bonds. The quantitative estimate of drug-likeness (QED) is 0.838. The van der Waals surface area contributed by atoms with Gasteiger partial charge in [0.25, 0.3) is 0 Å². The van der Waals surface area contributed by atoms with Gasteiger partial charge in [-0.2, -0.15) is 0 Å². The smallest absolute Gasteiger partial charge is 0.119 e. The third-order valence-corrected chi connectivity index (χ3v) is 3.63. The molecule has 19 heavy (non-hydrogen) atoms. The van der Waals surface area contributed by atoms with Crippen LogP contribution in [-0.2, 0) is 6.54 Å². The van der Waals surface area contributed by atoms with Crippen LogP contribution in [0.2, 0.25) is 0 Å². The summed E-state index contributed by atoms with van der Waals surface area (Å²) in [5.74, 6) is 0.867. The zero-order chi connectivity index (χ0) is 13.8. The van der Waals surface area contributed by atoms with Gasteiger partial charge in [-0.05, 0) is 58.2 Å². The number of benzene rings is 2. The summed E-state index contributed by atoms with van der Waals surface area (Å²) in [6.45, 7) is 2.73. The van der Waals surface area contributed by atoms with Gasteiger partial charge < -0.3 is 15.8 Å². The van der Waals surface area contributed by atoms with E-state index in [2.05, 4.69) is 27.3 Å². The van der Waals surface area contributed by atoms with Gasteiger partial charge in [-0.15, -0.1) is 0 Å². The fourth-order valence-corrected chi connectivity index (χ4v) is 2.31. The number of rotatable bonds is 4. The molecule has 3 N–H and O–H groups in total. The first-order chi connectivity index (χ1) is 9.10. The van der Waals surface area contributed by atoms with Gasteiger partial charge in [-0.3, -0.25) is 0 Å². The van der Waals surface area contributed by atoms with Gasteiger partial charge in [-0.25, -0.2) is 0 Å². The van der Waals surface area contributed by atoms with E-state index < -0.39 is 0 Å². The van der Waals surface area contributed by atoms with E-state index >= 15 is 0 Å². The average Bonchev–Trinajstić information content (AvgIpc) is 2.41. The largest absolute Gasteiger partial charge is 0.497 e. The van der Waals surface area contributed by atoms with Crippen molar-refractivity contribution in [3.05, 3.63) is 52.0 Å². The Hall–Kier alpha value is -1.68. The number of halogens is 1. The van der Waals surface area contributed by atoms with E-state index in [0.29, 0.717) is 0 Å². The van der Waals surface area contributed by atoms with Crippen molar-refractivity contribution in [2.75, 3.05) is 18.2 Å². The van der Waals surface area contributed by atoms with Crippen LogP contribution in [0, 0.1) is 6.92 Å². The Morgan fingerprint density at radius 2 is 2.05 bits per heavy atom. The predicted octanol–water partition coefficient (Wildman–Crippen LogP) is 3.96. The van der Waals surface area contributed by atoms with Crippen LogP contribution >= 0.6 is 15.9 Å². The molecule has 2 aromatic carbocycles. The van der Waals surface area contributed by atoms with Crippen LogP contribution in [0.15, 0.2) is 40.9 Å². The lowest BCUT2D eigenvalue weighted by Crippen LogP contribution is -2.02. The van der Waals surface area contributed by atoms with Crippen LogP contribution in [0.25, 0.3) is 0 Å². The second kappa shape index (κ2) is 5.97. The zero-order valence-corrected chi connectivity index (χ0v) is 12.6. The summed E-state index contributed by atoms with van der Waals surface area (Å²) in [4.78, 5) is 0. The van der Waals surface area contributed by atoms with Crippen LogP contribution in [0.3, 0.4) is 0 Å². The SMILES string of the molecule is COc1cccc(CNc2cc(C)c(N)cc2Br)c1. The minimum Gasteiger partial charge on any atom is -0.497 e. The van der Waals surface area contributed by atoms with Crippen LogP contribution < -0.4 is 15.8 Å². The predicted molar refractivity (Wildman–Crippen MR) is 83.6 cm³/mol. The topological polar surface area (TPSA) is 47.3 Å². The lowest BCUT2D eigenvalue weighted by Gasteiger charge is -2.12. The van der Waals surface area contributed by atoms with Crippen molar-refractivity contribution in [2.24, 2.45) is 0 Å². The molecule has 0 fully saturated rings. The lowest BCUT2D eigenvalue weighted by atomic mass is 10.1. The van der Waals surface area contributed by atoms with Crippen LogP contribution in [0.1, 0.15) is 11.1 Å². The number of nitrogens with two attached hydrogens (primary N) is 1. The summed E-state index contributed by atoms with van der Waals surface area (Å²) >= 11 is 3.52. The summed E-state index contributed by atoms with van der Waals surface area (Å²) in [5.41, 5.74) is 9.92. The standard InChI is InChI=1S/C15H17BrN2O/c1-10-6-15(13(16)8-14(10)17)18-9-11-4-3-5-12(7-11)19-2/h3-8,18H,9,17H2,1-2H3. The maximum absolute atomic E-state index is 5.86. The molecule has 2 rings (SSSR count). The lowest BCUT2D eigenvalue weighted by molar-refractivity contribution is 0.414. The van der Waals surface area contributed by atoms with E-state index in [0.717, 1.165) is 33.7 Å². The molecule has 0 atom stereocenters. The Morgan fingerprint density at radius 1 is 1.26 bits per heavy atom. The molecule has 0 bridgehead atoms. The normalized spacial score (nSPS) is 10.3. The fraction of sp³-hybridized carbons (Fsp3) is 0.200.